The van der Waals surface area contributed by atoms with Crippen LogP contribution in [0.25, 0.3) is 0 Å². The Kier molecular flexibility index (Phi) is 5.45. The topological polar surface area (TPSA) is 30.5 Å². The van der Waals surface area contributed by atoms with Gasteiger partial charge in [0.2, 0.25) is 0 Å². The second kappa shape index (κ2) is 6.38. The van der Waals surface area contributed by atoms with Gasteiger partial charge < -0.3 is 14.8 Å². The molecule has 0 aliphatic heterocycles. The van der Waals surface area contributed by atoms with E-state index < -0.39 is 0 Å². The fourth-order valence-electron chi connectivity index (χ4n) is 1.90. The first-order valence-corrected chi connectivity index (χ1v) is 5.57. The molecule has 0 aromatic heterocycles. The molecule has 0 amide bonds. The maximum absolute atomic E-state index is 5.17. The minimum Gasteiger partial charge on any atom is -0.354 e. The number of hydrogen-bond donors (Lipinski definition) is 1. The van der Waals surface area contributed by atoms with Crippen LogP contribution in [-0.2, 0) is 9.47 Å². The van der Waals surface area contributed by atoms with Gasteiger partial charge in [-0.1, -0.05) is 19.3 Å². The lowest BCUT2D eigenvalue weighted by Crippen LogP contribution is -2.40. The van der Waals surface area contributed by atoms with E-state index in [0.29, 0.717) is 0 Å². The van der Waals surface area contributed by atoms with E-state index in [1.165, 1.54) is 25.7 Å². The second-order valence-corrected chi connectivity index (χ2v) is 4.17. The molecule has 1 unspecified atom stereocenters. The first-order valence-electron chi connectivity index (χ1n) is 5.57. The number of hydrogen-bond acceptors (Lipinski definition) is 3. The third-order valence-electron chi connectivity index (χ3n) is 3.12. The Labute approximate surface area is 87.2 Å². The molecule has 1 aliphatic rings. The highest BCUT2D eigenvalue weighted by atomic mass is 16.7. The van der Waals surface area contributed by atoms with Crippen molar-refractivity contribution in [2.45, 2.75) is 44.9 Å². The van der Waals surface area contributed by atoms with E-state index in [2.05, 4.69) is 12.2 Å². The Hall–Kier alpha value is -0.120. The lowest BCUT2D eigenvalue weighted by atomic mass is 9.83. The summed E-state index contributed by atoms with van der Waals surface area (Å²) in [7, 11) is 3.36. The van der Waals surface area contributed by atoms with Crippen LogP contribution >= 0.6 is 0 Å². The molecule has 3 heteroatoms. The van der Waals surface area contributed by atoms with Crippen molar-refractivity contribution in [2.75, 3.05) is 20.8 Å². The summed E-state index contributed by atoms with van der Waals surface area (Å²) >= 11 is 0. The summed E-state index contributed by atoms with van der Waals surface area (Å²) in [5.74, 6) is 0.971. The SMILES string of the molecule is COC(OC)C(C)NCCC1CCC1. The molecular formula is C11H23NO2. The molecular weight excluding hydrogens is 178 g/mol. The largest absolute Gasteiger partial charge is 0.354 e. The molecule has 0 saturated heterocycles. The van der Waals surface area contributed by atoms with Crippen LogP contribution in [-0.4, -0.2) is 33.1 Å². The van der Waals surface area contributed by atoms with Crippen LogP contribution in [0.4, 0.5) is 0 Å². The summed E-state index contributed by atoms with van der Waals surface area (Å²) in [6, 6.07) is 0.269. The molecule has 1 atom stereocenters. The molecule has 1 rings (SSSR count). The van der Waals surface area contributed by atoms with Crippen LogP contribution in [0, 0.1) is 5.92 Å². The predicted molar refractivity (Wildman–Crippen MR) is 57.2 cm³/mol. The molecule has 0 heterocycles. The maximum Gasteiger partial charge on any atom is 0.171 e. The van der Waals surface area contributed by atoms with Crippen LogP contribution in [0.15, 0.2) is 0 Å². The third-order valence-corrected chi connectivity index (χ3v) is 3.12. The highest BCUT2D eigenvalue weighted by Crippen LogP contribution is 2.28. The van der Waals surface area contributed by atoms with Gasteiger partial charge >= 0.3 is 0 Å². The van der Waals surface area contributed by atoms with Crippen LogP contribution in [0.2, 0.25) is 0 Å². The van der Waals surface area contributed by atoms with Crippen molar-refractivity contribution in [3.8, 4) is 0 Å². The zero-order chi connectivity index (χ0) is 10.4. The average Bonchev–Trinajstić information content (AvgIpc) is 2.11. The van der Waals surface area contributed by atoms with Crippen LogP contribution < -0.4 is 5.32 Å². The van der Waals surface area contributed by atoms with Gasteiger partial charge in [0.1, 0.15) is 0 Å². The molecule has 0 radical (unpaired) electrons. The van der Waals surface area contributed by atoms with Gasteiger partial charge in [0.25, 0.3) is 0 Å². The van der Waals surface area contributed by atoms with Crippen LogP contribution in [0.5, 0.6) is 0 Å². The average molecular weight is 201 g/mol. The number of methoxy groups -OCH3 is 2. The van der Waals surface area contributed by atoms with E-state index in [-0.39, 0.29) is 12.3 Å². The van der Waals surface area contributed by atoms with Crippen molar-refractivity contribution < 1.29 is 9.47 Å². The Bertz CT molecular complexity index is 144. The molecule has 0 bridgehead atoms. The van der Waals surface area contributed by atoms with E-state index in [1.807, 2.05) is 0 Å². The first-order chi connectivity index (χ1) is 6.77. The molecule has 1 saturated carbocycles. The normalized spacial score (nSPS) is 19.7. The van der Waals surface area contributed by atoms with Gasteiger partial charge in [-0.15, -0.1) is 0 Å². The highest BCUT2D eigenvalue weighted by Gasteiger charge is 2.18. The van der Waals surface area contributed by atoms with Crippen molar-refractivity contribution in [1.82, 2.24) is 5.32 Å². The molecule has 0 spiro atoms. The van der Waals surface area contributed by atoms with Gasteiger partial charge in [-0.25, -0.2) is 0 Å². The van der Waals surface area contributed by atoms with E-state index in [9.17, 15) is 0 Å². The minimum absolute atomic E-state index is 0.128. The van der Waals surface area contributed by atoms with Crippen molar-refractivity contribution in [1.29, 1.82) is 0 Å². The fraction of sp³-hybridized carbons (Fsp3) is 1.00. The van der Waals surface area contributed by atoms with Gasteiger partial charge in [0, 0.05) is 14.2 Å². The Morgan fingerprint density at radius 1 is 1.29 bits per heavy atom. The summed E-state index contributed by atoms with van der Waals surface area (Å²) in [6.45, 7) is 3.17. The fourth-order valence-corrected chi connectivity index (χ4v) is 1.90. The maximum atomic E-state index is 5.17. The second-order valence-electron chi connectivity index (χ2n) is 4.17. The predicted octanol–water partition coefficient (Wildman–Crippen LogP) is 1.77. The van der Waals surface area contributed by atoms with Crippen LogP contribution in [0.1, 0.15) is 32.6 Å². The lowest BCUT2D eigenvalue weighted by molar-refractivity contribution is -0.119. The summed E-state index contributed by atoms with van der Waals surface area (Å²) in [4.78, 5) is 0. The first kappa shape index (κ1) is 12.0. The van der Waals surface area contributed by atoms with Crippen LogP contribution in [0.3, 0.4) is 0 Å². The monoisotopic (exact) mass is 201 g/mol. The summed E-state index contributed by atoms with van der Waals surface area (Å²) in [5.41, 5.74) is 0. The quantitative estimate of drug-likeness (QED) is 0.637. The summed E-state index contributed by atoms with van der Waals surface area (Å²) in [6.07, 6.45) is 5.45. The van der Waals surface area contributed by atoms with Gasteiger partial charge in [-0.3, -0.25) is 0 Å². The summed E-state index contributed by atoms with van der Waals surface area (Å²) in [5, 5.41) is 3.43. The van der Waals surface area contributed by atoms with Crippen molar-refractivity contribution >= 4 is 0 Å². The Balaban J connectivity index is 2.03. The number of nitrogens with one attached hydrogen (secondary N) is 1. The van der Waals surface area contributed by atoms with E-state index in [4.69, 9.17) is 9.47 Å². The standard InChI is InChI=1S/C11H23NO2/c1-9(11(13-2)14-3)12-8-7-10-5-4-6-10/h9-12H,4-8H2,1-3H3. The minimum atomic E-state index is -0.128. The number of ether oxygens (including phenoxy) is 2. The Morgan fingerprint density at radius 2 is 1.93 bits per heavy atom. The van der Waals surface area contributed by atoms with E-state index in [1.54, 1.807) is 14.2 Å². The third kappa shape index (κ3) is 3.56. The van der Waals surface area contributed by atoms with Gasteiger partial charge in [0.15, 0.2) is 6.29 Å². The summed E-state index contributed by atoms with van der Waals surface area (Å²) < 4.78 is 10.3. The molecule has 1 N–H and O–H groups in total. The zero-order valence-corrected chi connectivity index (χ0v) is 9.58. The molecule has 3 nitrogen and oxygen atoms in total. The lowest BCUT2D eigenvalue weighted by Gasteiger charge is -2.27. The van der Waals surface area contributed by atoms with Gasteiger partial charge in [-0.2, -0.15) is 0 Å². The molecule has 14 heavy (non-hydrogen) atoms. The zero-order valence-electron chi connectivity index (χ0n) is 9.58. The van der Waals surface area contributed by atoms with Gasteiger partial charge in [0.05, 0.1) is 6.04 Å². The smallest absolute Gasteiger partial charge is 0.171 e. The highest BCUT2D eigenvalue weighted by molar-refractivity contribution is 4.72. The number of rotatable bonds is 7. The van der Waals surface area contributed by atoms with Crippen molar-refractivity contribution in [2.24, 2.45) is 5.92 Å². The molecule has 84 valence electrons. The molecule has 1 aliphatic carbocycles. The van der Waals surface area contributed by atoms with Gasteiger partial charge in [-0.05, 0) is 25.8 Å². The molecule has 0 aromatic rings. The van der Waals surface area contributed by atoms with E-state index >= 15 is 0 Å². The van der Waals surface area contributed by atoms with Crippen molar-refractivity contribution in [3.63, 3.8) is 0 Å². The Morgan fingerprint density at radius 3 is 2.36 bits per heavy atom. The molecule has 1 fully saturated rings. The molecule has 0 aromatic carbocycles. The van der Waals surface area contributed by atoms with Crippen molar-refractivity contribution in [3.05, 3.63) is 0 Å². The van der Waals surface area contributed by atoms with E-state index in [0.717, 1.165) is 12.5 Å².